The summed E-state index contributed by atoms with van der Waals surface area (Å²) in [5.41, 5.74) is 0.988. The summed E-state index contributed by atoms with van der Waals surface area (Å²) in [6, 6.07) is 8.56. The zero-order chi connectivity index (χ0) is 15.1. The number of quaternary nitrogens is 1. The fourth-order valence-electron chi connectivity index (χ4n) is 2.89. The molecule has 0 bridgehead atoms. The molecule has 1 aromatic rings. The highest BCUT2D eigenvalue weighted by molar-refractivity contribution is 7.80. The summed E-state index contributed by atoms with van der Waals surface area (Å²) in [4.78, 5) is 1.69. The van der Waals surface area contributed by atoms with E-state index >= 15 is 0 Å². The van der Waals surface area contributed by atoms with Crippen molar-refractivity contribution in [1.29, 1.82) is 0 Å². The van der Waals surface area contributed by atoms with E-state index in [1.807, 2.05) is 31.2 Å². The van der Waals surface area contributed by atoms with E-state index in [4.69, 9.17) is 17.0 Å². The smallest absolute Gasteiger partial charge is 0.170 e. The Kier molecular flexibility index (Phi) is 6.26. The third kappa shape index (κ3) is 4.86. The number of thiocarbonyl (C=S) groups is 1. The molecule has 1 aromatic carbocycles. The van der Waals surface area contributed by atoms with Gasteiger partial charge in [-0.15, -0.1) is 0 Å². The van der Waals surface area contributed by atoms with Crippen LogP contribution in [0, 0.1) is 0 Å². The van der Waals surface area contributed by atoms with Gasteiger partial charge in [-0.1, -0.05) is 0 Å². The number of likely N-dealkylation sites (N-methyl/N-ethyl adjacent to an activating group) is 1. The van der Waals surface area contributed by atoms with Crippen LogP contribution in [0.3, 0.4) is 0 Å². The second-order valence-corrected chi connectivity index (χ2v) is 5.80. The summed E-state index contributed by atoms with van der Waals surface area (Å²) < 4.78 is 5.43. The summed E-state index contributed by atoms with van der Waals surface area (Å²) >= 11 is 5.37. The first-order chi connectivity index (χ1) is 10.2. The molecule has 1 aliphatic heterocycles. The van der Waals surface area contributed by atoms with Gasteiger partial charge in [0.15, 0.2) is 5.11 Å². The predicted molar refractivity (Wildman–Crippen MR) is 91.2 cm³/mol. The Hall–Kier alpha value is -1.33. The minimum Gasteiger partial charge on any atom is -0.494 e. The Morgan fingerprint density at radius 1 is 1.33 bits per heavy atom. The van der Waals surface area contributed by atoms with Crippen LogP contribution >= 0.6 is 12.2 Å². The molecule has 0 aliphatic carbocycles. The number of rotatable bonds is 6. The molecular formula is C16H26N3OS+. The Bertz CT molecular complexity index is 449. The summed E-state index contributed by atoms with van der Waals surface area (Å²) in [6.45, 7) is 8.36. The highest BCUT2D eigenvalue weighted by atomic mass is 32.1. The third-order valence-corrected chi connectivity index (χ3v) is 4.26. The number of hydrogen-bond donors (Lipinski definition) is 3. The molecule has 1 saturated heterocycles. The Morgan fingerprint density at radius 2 is 2.10 bits per heavy atom. The minimum absolute atomic E-state index is 0.685. The maximum Gasteiger partial charge on any atom is 0.170 e. The standard InChI is InChI=1S/C16H25N3OS/c1-3-19-11-5-6-14(19)12-17-16(21)18-13-7-9-15(10-8-13)20-4-2/h7-10,14H,3-6,11-12H2,1-2H3,(H2,17,18,21)/p+1/t14-/m0/s1. The van der Waals surface area contributed by atoms with Crippen molar-refractivity contribution >= 4 is 23.0 Å². The van der Waals surface area contributed by atoms with Crippen molar-refractivity contribution < 1.29 is 9.64 Å². The zero-order valence-corrected chi connectivity index (χ0v) is 13.8. The van der Waals surface area contributed by atoms with Gasteiger partial charge in [-0.25, -0.2) is 0 Å². The Labute approximate surface area is 132 Å². The van der Waals surface area contributed by atoms with Crippen molar-refractivity contribution in [1.82, 2.24) is 5.32 Å². The van der Waals surface area contributed by atoms with Crippen LogP contribution in [0.5, 0.6) is 5.75 Å². The highest BCUT2D eigenvalue weighted by Gasteiger charge is 2.26. The topological polar surface area (TPSA) is 37.7 Å². The first-order valence-electron chi connectivity index (χ1n) is 7.85. The molecule has 2 atom stereocenters. The van der Waals surface area contributed by atoms with Gasteiger partial charge in [0.1, 0.15) is 11.8 Å². The summed E-state index contributed by atoms with van der Waals surface area (Å²) in [5.74, 6) is 0.884. The maximum atomic E-state index is 5.43. The van der Waals surface area contributed by atoms with E-state index in [9.17, 15) is 0 Å². The molecule has 0 amide bonds. The molecule has 5 heteroatoms. The molecule has 3 N–H and O–H groups in total. The fourth-order valence-corrected chi connectivity index (χ4v) is 3.09. The number of nitrogens with one attached hydrogen (secondary N) is 3. The number of hydrogen-bond acceptors (Lipinski definition) is 2. The number of ether oxygens (including phenoxy) is 1. The lowest BCUT2D eigenvalue weighted by Gasteiger charge is -2.21. The van der Waals surface area contributed by atoms with Gasteiger partial charge in [0, 0.05) is 18.5 Å². The van der Waals surface area contributed by atoms with Crippen LogP contribution in [0.25, 0.3) is 0 Å². The van der Waals surface area contributed by atoms with E-state index in [0.29, 0.717) is 17.8 Å². The highest BCUT2D eigenvalue weighted by Crippen LogP contribution is 2.15. The molecule has 0 spiro atoms. The molecular weight excluding hydrogens is 282 g/mol. The van der Waals surface area contributed by atoms with E-state index < -0.39 is 0 Å². The average molecular weight is 308 g/mol. The molecule has 116 valence electrons. The SMILES string of the molecule is CCOc1ccc(NC(=S)NC[C@@H]2CCC[NH+]2CC)cc1. The number of likely N-dealkylation sites (tertiary alicyclic amines) is 1. The van der Waals surface area contributed by atoms with Gasteiger partial charge in [-0.3, -0.25) is 0 Å². The molecule has 2 rings (SSSR count). The normalized spacial score (nSPS) is 21.0. The van der Waals surface area contributed by atoms with Crippen molar-refractivity contribution in [3.63, 3.8) is 0 Å². The van der Waals surface area contributed by atoms with Gasteiger partial charge in [-0.05, 0) is 50.3 Å². The van der Waals surface area contributed by atoms with Crippen LogP contribution in [0.4, 0.5) is 5.69 Å². The lowest BCUT2D eigenvalue weighted by molar-refractivity contribution is -0.909. The van der Waals surface area contributed by atoms with Gasteiger partial charge < -0.3 is 20.3 Å². The van der Waals surface area contributed by atoms with Crippen LogP contribution < -0.4 is 20.3 Å². The molecule has 1 aliphatic rings. The van der Waals surface area contributed by atoms with E-state index in [1.54, 1.807) is 4.90 Å². The molecule has 0 radical (unpaired) electrons. The van der Waals surface area contributed by atoms with E-state index in [2.05, 4.69) is 17.6 Å². The van der Waals surface area contributed by atoms with Crippen molar-refractivity contribution in [2.75, 3.05) is 31.6 Å². The van der Waals surface area contributed by atoms with Crippen LogP contribution in [0.1, 0.15) is 26.7 Å². The van der Waals surface area contributed by atoms with Crippen molar-refractivity contribution in [3.8, 4) is 5.75 Å². The second-order valence-electron chi connectivity index (χ2n) is 5.39. The van der Waals surface area contributed by atoms with Crippen molar-refractivity contribution in [2.45, 2.75) is 32.7 Å². The second kappa shape index (κ2) is 8.20. The van der Waals surface area contributed by atoms with Crippen LogP contribution in [-0.2, 0) is 0 Å². The molecule has 1 unspecified atom stereocenters. The summed E-state index contributed by atoms with van der Waals surface area (Å²) in [5, 5.41) is 7.26. The minimum atomic E-state index is 0.685. The molecule has 21 heavy (non-hydrogen) atoms. The molecule has 0 aromatic heterocycles. The molecule has 1 fully saturated rings. The monoisotopic (exact) mass is 308 g/mol. The van der Waals surface area contributed by atoms with Crippen molar-refractivity contribution in [3.05, 3.63) is 24.3 Å². The number of anilines is 1. The zero-order valence-electron chi connectivity index (χ0n) is 12.9. The summed E-state index contributed by atoms with van der Waals surface area (Å²) in [7, 11) is 0. The first-order valence-corrected chi connectivity index (χ1v) is 8.26. The Morgan fingerprint density at radius 3 is 2.76 bits per heavy atom. The van der Waals surface area contributed by atoms with Crippen LogP contribution in [0.15, 0.2) is 24.3 Å². The molecule has 4 nitrogen and oxygen atoms in total. The summed E-state index contributed by atoms with van der Waals surface area (Å²) in [6.07, 6.45) is 2.62. The van der Waals surface area contributed by atoms with E-state index in [1.165, 1.54) is 25.9 Å². The fraction of sp³-hybridized carbons (Fsp3) is 0.562. The first kappa shape index (κ1) is 16.0. The largest absolute Gasteiger partial charge is 0.494 e. The lowest BCUT2D eigenvalue weighted by Crippen LogP contribution is -3.14. The van der Waals surface area contributed by atoms with Crippen LogP contribution in [-0.4, -0.2) is 37.4 Å². The van der Waals surface area contributed by atoms with Gasteiger partial charge >= 0.3 is 0 Å². The average Bonchev–Trinajstić information content (AvgIpc) is 2.95. The van der Waals surface area contributed by atoms with E-state index in [-0.39, 0.29) is 0 Å². The van der Waals surface area contributed by atoms with Crippen LogP contribution in [0.2, 0.25) is 0 Å². The lowest BCUT2D eigenvalue weighted by atomic mass is 10.2. The van der Waals surface area contributed by atoms with Gasteiger partial charge in [-0.2, -0.15) is 0 Å². The Balaban J connectivity index is 1.76. The quantitative estimate of drug-likeness (QED) is 0.695. The predicted octanol–water partition coefficient (Wildman–Crippen LogP) is 1.44. The maximum absolute atomic E-state index is 5.43. The number of benzene rings is 1. The molecule has 0 saturated carbocycles. The van der Waals surface area contributed by atoms with Gasteiger partial charge in [0.05, 0.1) is 26.2 Å². The van der Waals surface area contributed by atoms with Gasteiger partial charge in [0.25, 0.3) is 0 Å². The van der Waals surface area contributed by atoms with E-state index in [0.717, 1.165) is 18.0 Å². The van der Waals surface area contributed by atoms with Crippen molar-refractivity contribution in [2.24, 2.45) is 0 Å². The van der Waals surface area contributed by atoms with Gasteiger partial charge in [0.2, 0.25) is 0 Å². The molecule has 1 heterocycles. The third-order valence-electron chi connectivity index (χ3n) is 4.01.